The normalized spacial score (nSPS) is 12.5. The molecule has 0 saturated heterocycles. The second-order valence-electron chi connectivity index (χ2n) is 4.51. The van der Waals surface area contributed by atoms with Crippen molar-refractivity contribution in [3.63, 3.8) is 0 Å². The minimum Gasteiger partial charge on any atom is -0.488 e. The smallest absolute Gasteiger partial charge is 0.231 e. The van der Waals surface area contributed by atoms with E-state index in [1.165, 1.54) is 12.1 Å². The summed E-state index contributed by atoms with van der Waals surface area (Å²) in [4.78, 5) is 0. The quantitative estimate of drug-likeness (QED) is 0.941. The Labute approximate surface area is 125 Å². The van der Waals surface area contributed by atoms with E-state index in [1.54, 1.807) is 18.2 Å². The molecule has 0 fully saturated rings. The molecule has 0 bridgehead atoms. The highest BCUT2D eigenvalue weighted by molar-refractivity contribution is 6.30. The van der Waals surface area contributed by atoms with Gasteiger partial charge in [0.2, 0.25) is 6.79 Å². The number of aliphatic hydroxyl groups excluding tert-OH is 1. The topological polar surface area (TPSA) is 47.9 Å². The Morgan fingerprint density at radius 2 is 1.95 bits per heavy atom. The van der Waals surface area contributed by atoms with Crippen molar-refractivity contribution >= 4 is 11.6 Å². The van der Waals surface area contributed by atoms with E-state index in [-0.39, 0.29) is 25.0 Å². The number of aliphatic hydroxyl groups is 1. The summed E-state index contributed by atoms with van der Waals surface area (Å²) in [5.41, 5.74) is 1.32. The van der Waals surface area contributed by atoms with Gasteiger partial charge in [-0.25, -0.2) is 4.39 Å². The molecule has 4 nitrogen and oxygen atoms in total. The Morgan fingerprint density at radius 3 is 2.67 bits per heavy atom. The minimum atomic E-state index is -0.473. The summed E-state index contributed by atoms with van der Waals surface area (Å²) in [6.45, 7) is 0.167. The first-order valence-electron chi connectivity index (χ1n) is 6.27. The summed E-state index contributed by atoms with van der Waals surface area (Å²) in [6.07, 6.45) is 0. The van der Waals surface area contributed by atoms with Gasteiger partial charge in [0.05, 0.1) is 11.6 Å². The van der Waals surface area contributed by atoms with Gasteiger partial charge in [-0.2, -0.15) is 0 Å². The summed E-state index contributed by atoms with van der Waals surface area (Å²) in [6, 6.07) is 7.72. The van der Waals surface area contributed by atoms with Crippen LogP contribution in [-0.2, 0) is 13.2 Å². The SMILES string of the molecule is OCc1cc2c(cc1OCc1ccc(F)c(Cl)c1)OCO2. The van der Waals surface area contributed by atoms with Gasteiger partial charge in [0.25, 0.3) is 0 Å². The molecule has 1 aliphatic heterocycles. The van der Waals surface area contributed by atoms with Crippen LogP contribution in [0.5, 0.6) is 17.2 Å². The van der Waals surface area contributed by atoms with Crippen LogP contribution in [0.3, 0.4) is 0 Å². The van der Waals surface area contributed by atoms with Crippen molar-refractivity contribution in [2.75, 3.05) is 6.79 Å². The third-order valence-corrected chi connectivity index (χ3v) is 3.39. The maximum absolute atomic E-state index is 13.1. The van der Waals surface area contributed by atoms with E-state index in [9.17, 15) is 9.50 Å². The van der Waals surface area contributed by atoms with Gasteiger partial charge >= 0.3 is 0 Å². The number of halogens is 2. The van der Waals surface area contributed by atoms with Crippen LogP contribution < -0.4 is 14.2 Å². The van der Waals surface area contributed by atoms with Gasteiger partial charge in [0.15, 0.2) is 11.5 Å². The van der Waals surface area contributed by atoms with E-state index in [0.29, 0.717) is 22.8 Å². The maximum Gasteiger partial charge on any atom is 0.231 e. The lowest BCUT2D eigenvalue weighted by atomic mass is 10.2. The highest BCUT2D eigenvalue weighted by atomic mass is 35.5. The third kappa shape index (κ3) is 2.89. The molecule has 110 valence electrons. The van der Waals surface area contributed by atoms with Crippen LogP contribution in [-0.4, -0.2) is 11.9 Å². The fourth-order valence-corrected chi connectivity index (χ4v) is 2.22. The second kappa shape index (κ2) is 5.79. The van der Waals surface area contributed by atoms with Crippen molar-refractivity contribution < 1.29 is 23.7 Å². The zero-order valence-electron chi connectivity index (χ0n) is 10.9. The molecular formula is C15H12ClFO4. The Balaban J connectivity index is 1.79. The molecule has 0 unspecified atom stereocenters. The zero-order chi connectivity index (χ0) is 14.8. The zero-order valence-corrected chi connectivity index (χ0v) is 11.7. The van der Waals surface area contributed by atoms with E-state index in [4.69, 9.17) is 25.8 Å². The molecular weight excluding hydrogens is 299 g/mol. The molecule has 1 N–H and O–H groups in total. The first-order chi connectivity index (χ1) is 10.2. The molecule has 0 radical (unpaired) electrons. The van der Waals surface area contributed by atoms with E-state index < -0.39 is 5.82 Å². The van der Waals surface area contributed by atoms with E-state index in [0.717, 1.165) is 5.56 Å². The first kappa shape index (κ1) is 14.0. The molecule has 3 rings (SSSR count). The number of hydrogen-bond donors (Lipinski definition) is 1. The van der Waals surface area contributed by atoms with Crippen LogP contribution in [0, 0.1) is 5.82 Å². The number of ether oxygens (including phenoxy) is 3. The average molecular weight is 311 g/mol. The molecule has 0 atom stereocenters. The van der Waals surface area contributed by atoms with Gasteiger partial charge < -0.3 is 19.3 Å². The molecule has 0 saturated carbocycles. The summed E-state index contributed by atoms with van der Waals surface area (Å²) >= 11 is 5.72. The van der Waals surface area contributed by atoms with Crippen molar-refractivity contribution in [1.29, 1.82) is 0 Å². The largest absolute Gasteiger partial charge is 0.488 e. The predicted octanol–water partition coefficient (Wildman–Crippen LogP) is 3.28. The number of hydrogen-bond acceptors (Lipinski definition) is 4. The molecule has 0 amide bonds. The summed E-state index contributed by atoms with van der Waals surface area (Å²) in [5, 5.41) is 9.43. The number of benzene rings is 2. The standard InChI is InChI=1S/C15H12ClFO4/c16-11-3-9(1-2-12(11)17)7-19-13-5-15-14(20-8-21-15)4-10(13)6-18/h1-5,18H,6-8H2. The van der Waals surface area contributed by atoms with Crippen molar-refractivity contribution in [2.24, 2.45) is 0 Å². The Bertz CT molecular complexity index is 675. The summed E-state index contributed by atoms with van der Waals surface area (Å²) < 4.78 is 29.3. The second-order valence-corrected chi connectivity index (χ2v) is 4.92. The van der Waals surface area contributed by atoms with Crippen LogP contribution in [0.4, 0.5) is 4.39 Å². The molecule has 6 heteroatoms. The first-order valence-corrected chi connectivity index (χ1v) is 6.65. The lowest BCUT2D eigenvalue weighted by molar-refractivity contribution is 0.173. The average Bonchev–Trinajstić information content (AvgIpc) is 2.94. The monoisotopic (exact) mass is 310 g/mol. The van der Waals surface area contributed by atoms with Crippen molar-refractivity contribution in [3.8, 4) is 17.2 Å². The molecule has 2 aromatic carbocycles. The Kier molecular flexibility index (Phi) is 3.86. The molecule has 0 aromatic heterocycles. The molecule has 21 heavy (non-hydrogen) atoms. The molecule has 1 heterocycles. The third-order valence-electron chi connectivity index (χ3n) is 3.10. The minimum absolute atomic E-state index is 0.0455. The van der Waals surface area contributed by atoms with Crippen molar-refractivity contribution in [2.45, 2.75) is 13.2 Å². The van der Waals surface area contributed by atoms with E-state index in [2.05, 4.69) is 0 Å². The molecule has 0 spiro atoms. The molecule has 0 aliphatic carbocycles. The van der Waals surface area contributed by atoms with Gasteiger partial charge in [0, 0.05) is 11.6 Å². The lowest BCUT2D eigenvalue weighted by Crippen LogP contribution is -1.99. The number of rotatable bonds is 4. The highest BCUT2D eigenvalue weighted by Crippen LogP contribution is 2.38. The Morgan fingerprint density at radius 1 is 1.19 bits per heavy atom. The van der Waals surface area contributed by atoms with Crippen molar-refractivity contribution in [1.82, 2.24) is 0 Å². The van der Waals surface area contributed by atoms with Gasteiger partial charge in [-0.1, -0.05) is 17.7 Å². The highest BCUT2D eigenvalue weighted by Gasteiger charge is 2.17. The van der Waals surface area contributed by atoms with Crippen LogP contribution in [0.25, 0.3) is 0 Å². The van der Waals surface area contributed by atoms with Gasteiger partial charge in [-0.05, 0) is 23.8 Å². The van der Waals surface area contributed by atoms with Crippen LogP contribution in [0.2, 0.25) is 5.02 Å². The fraction of sp³-hybridized carbons (Fsp3) is 0.200. The summed E-state index contributed by atoms with van der Waals surface area (Å²) in [5.74, 6) is 1.16. The Hall–Kier alpha value is -1.98. The van der Waals surface area contributed by atoms with E-state index >= 15 is 0 Å². The lowest BCUT2D eigenvalue weighted by Gasteiger charge is -2.11. The predicted molar refractivity (Wildman–Crippen MR) is 74.2 cm³/mol. The van der Waals surface area contributed by atoms with Gasteiger partial charge in [-0.15, -0.1) is 0 Å². The van der Waals surface area contributed by atoms with E-state index in [1.807, 2.05) is 0 Å². The van der Waals surface area contributed by atoms with Gasteiger partial charge in [-0.3, -0.25) is 0 Å². The summed E-state index contributed by atoms with van der Waals surface area (Å²) in [7, 11) is 0. The maximum atomic E-state index is 13.1. The van der Waals surface area contributed by atoms with Crippen LogP contribution >= 0.6 is 11.6 Å². The van der Waals surface area contributed by atoms with Crippen LogP contribution in [0.1, 0.15) is 11.1 Å². The van der Waals surface area contributed by atoms with Gasteiger partial charge in [0.1, 0.15) is 18.2 Å². The number of fused-ring (bicyclic) bond motifs is 1. The fourth-order valence-electron chi connectivity index (χ4n) is 2.01. The van der Waals surface area contributed by atoms with Crippen molar-refractivity contribution in [3.05, 3.63) is 52.3 Å². The van der Waals surface area contributed by atoms with Crippen LogP contribution in [0.15, 0.2) is 30.3 Å². The molecule has 1 aliphatic rings. The molecule has 2 aromatic rings.